The molecule has 0 saturated carbocycles. The summed E-state index contributed by atoms with van der Waals surface area (Å²) >= 11 is -1.05. The number of hydrogen-bond donors (Lipinski definition) is 0. The van der Waals surface area contributed by atoms with E-state index < -0.39 is 38.5 Å². The molecule has 40 heavy (non-hydrogen) atoms. The van der Waals surface area contributed by atoms with Crippen molar-refractivity contribution in [1.29, 1.82) is 0 Å². The minimum absolute atomic E-state index is 0.00489. The van der Waals surface area contributed by atoms with Crippen LogP contribution in [0.25, 0.3) is 0 Å². The van der Waals surface area contributed by atoms with Gasteiger partial charge in [0, 0.05) is 48.8 Å². The van der Waals surface area contributed by atoms with Gasteiger partial charge in [-0.2, -0.15) is 0 Å². The highest BCUT2D eigenvalue weighted by Crippen LogP contribution is 2.28. The van der Waals surface area contributed by atoms with Gasteiger partial charge in [-0.05, 0) is 62.1 Å². The van der Waals surface area contributed by atoms with Crippen molar-refractivity contribution in [2.24, 2.45) is 0 Å². The van der Waals surface area contributed by atoms with Gasteiger partial charge in [-0.3, -0.25) is 9.69 Å². The van der Waals surface area contributed by atoms with Crippen molar-refractivity contribution in [3.05, 3.63) is 81.4 Å². The molecular weight excluding hydrogens is 625 g/mol. The number of rotatable bonds is 7. The topological polar surface area (TPSA) is 102 Å². The SMILES string of the molecule is Cc1cccc(N(C(=O)c2ccco2)C2CCN(CCc3ccccc3I=C3C(=O)OC(C)(C)OC3=O)CC2)n1. The van der Waals surface area contributed by atoms with Crippen molar-refractivity contribution in [2.45, 2.75) is 51.9 Å². The van der Waals surface area contributed by atoms with Crippen LogP contribution in [0.1, 0.15) is 48.5 Å². The third-order valence-corrected chi connectivity index (χ3v) is 9.93. The molecule has 2 aromatic heterocycles. The third-order valence-electron chi connectivity index (χ3n) is 6.88. The maximum Gasteiger partial charge on any atom is 0.354 e. The third kappa shape index (κ3) is 6.49. The van der Waals surface area contributed by atoms with Crippen molar-refractivity contribution in [1.82, 2.24) is 9.88 Å². The standard InChI is InChI=1S/C30H32IN3O6/c1-20-8-6-12-25(32-20)34(27(35)24-11-7-19-38-24)22-14-17-33(18-15-22)16-13-21-9-4-5-10-23(21)31-26-28(36)39-30(2,3)40-29(26)37/h4-12,19,22H,13-18H2,1-3H3. The Morgan fingerprint density at radius 1 is 1.02 bits per heavy atom. The molecule has 1 aromatic carbocycles. The number of carbonyl (C=O) groups is 3. The molecule has 3 aromatic rings. The van der Waals surface area contributed by atoms with Crippen LogP contribution in [0.2, 0.25) is 0 Å². The average Bonchev–Trinajstić information content (AvgIpc) is 3.46. The highest BCUT2D eigenvalue weighted by Gasteiger charge is 2.39. The first-order chi connectivity index (χ1) is 19.2. The van der Waals surface area contributed by atoms with E-state index in [0.717, 1.165) is 53.7 Å². The first-order valence-electron chi connectivity index (χ1n) is 13.3. The zero-order valence-corrected chi connectivity index (χ0v) is 24.9. The van der Waals surface area contributed by atoms with Crippen LogP contribution in [0.3, 0.4) is 0 Å². The van der Waals surface area contributed by atoms with E-state index in [-0.39, 0.29) is 15.5 Å². The zero-order chi connectivity index (χ0) is 28.3. The molecule has 10 heteroatoms. The second kappa shape index (κ2) is 12.0. The molecule has 9 nitrogen and oxygen atoms in total. The highest BCUT2D eigenvalue weighted by molar-refractivity contribution is 14.2. The Morgan fingerprint density at radius 2 is 1.75 bits per heavy atom. The Kier molecular flexibility index (Phi) is 8.46. The number of cyclic esters (lactones) is 2. The quantitative estimate of drug-likeness (QED) is 0.271. The number of piperidine rings is 1. The van der Waals surface area contributed by atoms with Gasteiger partial charge >= 0.3 is 11.9 Å². The molecule has 4 heterocycles. The number of amides is 1. The van der Waals surface area contributed by atoms with Crippen LogP contribution >= 0.6 is 20.7 Å². The molecule has 2 aliphatic heterocycles. The number of anilines is 1. The number of aromatic nitrogens is 1. The molecule has 2 aliphatic rings. The molecule has 0 aliphatic carbocycles. The average molecular weight is 658 g/mol. The van der Waals surface area contributed by atoms with Crippen LogP contribution in [-0.2, 0) is 25.5 Å². The predicted molar refractivity (Wildman–Crippen MR) is 158 cm³/mol. The number of pyridine rings is 1. The summed E-state index contributed by atoms with van der Waals surface area (Å²) < 4.78 is 17.2. The molecule has 0 spiro atoms. The molecule has 0 radical (unpaired) electrons. The van der Waals surface area contributed by atoms with Crippen LogP contribution in [0.5, 0.6) is 0 Å². The number of benzene rings is 1. The molecule has 5 rings (SSSR count). The molecule has 2 fully saturated rings. The van der Waals surface area contributed by atoms with E-state index in [2.05, 4.69) is 16.0 Å². The largest absolute Gasteiger partial charge is 0.459 e. The van der Waals surface area contributed by atoms with E-state index in [0.29, 0.717) is 11.6 Å². The lowest BCUT2D eigenvalue weighted by atomic mass is 10.0. The van der Waals surface area contributed by atoms with E-state index in [1.807, 2.05) is 43.3 Å². The van der Waals surface area contributed by atoms with Gasteiger partial charge in [-0.1, -0.05) is 45.0 Å². The van der Waals surface area contributed by atoms with Crippen molar-refractivity contribution >= 4 is 47.9 Å². The number of aryl methyl sites for hydroxylation is 1. The maximum absolute atomic E-state index is 13.4. The second-order valence-electron chi connectivity index (χ2n) is 10.3. The lowest BCUT2D eigenvalue weighted by Crippen LogP contribution is -2.48. The van der Waals surface area contributed by atoms with Gasteiger partial charge in [0.15, 0.2) is 9.27 Å². The normalized spacial score (nSPS) is 17.8. The van der Waals surface area contributed by atoms with Crippen LogP contribution < -0.4 is 4.90 Å². The number of likely N-dealkylation sites (tertiary alicyclic amines) is 1. The number of carbonyl (C=O) groups excluding carboxylic acids is 3. The number of halogens is 1. The van der Waals surface area contributed by atoms with E-state index in [9.17, 15) is 14.4 Å². The Labute approximate surface area is 243 Å². The number of nitrogens with zero attached hydrogens (tertiary/aromatic N) is 3. The van der Waals surface area contributed by atoms with Crippen LogP contribution in [0, 0.1) is 10.5 Å². The van der Waals surface area contributed by atoms with Gasteiger partial charge in [0.2, 0.25) is 0 Å². The summed E-state index contributed by atoms with van der Waals surface area (Å²) in [4.78, 5) is 47.2. The van der Waals surface area contributed by atoms with Gasteiger partial charge in [-0.15, -0.1) is 0 Å². The van der Waals surface area contributed by atoms with Crippen LogP contribution in [-0.4, -0.2) is 62.7 Å². The summed E-state index contributed by atoms with van der Waals surface area (Å²) in [5, 5.41) is 0. The Hall–Kier alpha value is -3.38. The summed E-state index contributed by atoms with van der Waals surface area (Å²) in [6.07, 6.45) is 3.92. The van der Waals surface area contributed by atoms with Gasteiger partial charge in [-0.25, -0.2) is 14.6 Å². The molecule has 0 bridgehead atoms. The van der Waals surface area contributed by atoms with E-state index >= 15 is 0 Å². The fourth-order valence-corrected chi connectivity index (χ4v) is 7.36. The Balaban J connectivity index is 1.25. The fraction of sp³-hybridized carbons (Fsp3) is 0.367. The first kappa shape index (κ1) is 28.2. The second-order valence-corrected chi connectivity index (χ2v) is 13.1. The van der Waals surface area contributed by atoms with Crippen molar-refractivity contribution in [2.75, 3.05) is 24.5 Å². The van der Waals surface area contributed by atoms with E-state index in [1.54, 1.807) is 30.9 Å². The summed E-state index contributed by atoms with van der Waals surface area (Å²) in [5.74, 6) is -1.64. The molecular formula is C30H32IN3O6. The fourth-order valence-electron chi connectivity index (χ4n) is 4.93. The Morgan fingerprint density at radius 3 is 2.42 bits per heavy atom. The van der Waals surface area contributed by atoms with Gasteiger partial charge in [0.05, 0.1) is 6.26 Å². The molecule has 2 saturated heterocycles. The van der Waals surface area contributed by atoms with Gasteiger partial charge in [0.1, 0.15) is 5.82 Å². The monoisotopic (exact) mass is 657 g/mol. The smallest absolute Gasteiger partial charge is 0.354 e. The molecule has 1 amide bonds. The van der Waals surface area contributed by atoms with Crippen molar-refractivity contribution in [3.63, 3.8) is 0 Å². The van der Waals surface area contributed by atoms with Gasteiger partial charge in [0.25, 0.3) is 11.7 Å². The molecule has 210 valence electrons. The van der Waals surface area contributed by atoms with Crippen LogP contribution in [0.4, 0.5) is 5.82 Å². The number of ether oxygens (including phenoxy) is 2. The van der Waals surface area contributed by atoms with Crippen molar-refractivity contribution in [3.8, 4) is 0 Å². The summed E-state index contributed by atoms with van der Waals surface area (Å²) in [6, 6.07) is 17.1. The minimum atomic E-state index is -1.24. The maximum atomic E-state index is 13.4. The first-order valence-corrected chi connectivity index (χ1v) is 15.5. The van der Waals surface area contributed by atoms with E-state index in [4.69, 9.17) is 13.9 Å². The predicted octanol–water partition coefficient (Wildman–Crippen LogP) is 4.49. The summed E-state index contributed by atoms with van der Waals surface area (Å²) in [5.41, 5.74) is 1.97. The minimum Gasteiger partial charge on any atom is -0.459 e. The van der Waals surface area contributed by atoms with Gasteiger partial charge < -0.3 is 18.8 Å². The number of furan rings is 1. The molecule has 0 unspecified atom stereocenters. The molecule has 0 atom stereocenters. The lowest BCUT2D eigenvalue weighted by molar-refractivity contribution is -0.214. The summed E-state index contributed by atoms with van der Waals surface area (Å²) in [7, 11) is 0. The molecule has 0 N–H and O–H groups in total. The van der Waals surface area contributed by atoms with E-state index in [1.165, 1.54) is 6.26 Å². The van der Waals surface area contributed by atoms with Crippen LogP contribution in [0.15, 0.2) is 65.3 Å². The Bertz CT molecular complexity index is 1400. The number of hydrogen-bond acceptors (Lipinski definition) is 8. The lowest BCUT2D eigenvalue weighted by Gasteiger charge is -2.37. The number of esters is 2. The zero-order valence-electron chi connectivity index (χ0n) is 22.8. The highest BCUT2D eigenvalue weighted by atomic mass is 127. The van der Waals surface area contributed by atoms with Crippen molar-refractivity contribution < 1.29 is 28.3 Å². The summed E-state index contributed by atoms with van der Waals surface area (Å²) in [6.45, 7) is 7.53.